The van der Waals surface area contributed by atoms with E-state index in [4.69, 9.17) is 15.6 Å². The van der Waals surface area contributed by atoms with Crippen LogP contribution in [0.5, 0.6) is 0 Å². The number of carbonyl (C=O) groups is 1. The summed E-state index contributed by atoms with van der Waals surface area (Å²) in [5, 5.41) is 12.0. The molecule has 0 bridgehead atoms. The maximum Gasteiger partial charge on any atom is 0.241 e. The number of nitrogens with one attached hydrogen (secondary N) is 1. The Morgan fingerprint density at radius 3 is 2.86 bits per heavy atom. The van der Waals surface area contributed by atoms with E-state index in [-0.39, 0.29) is 18.6 Å². The summed E-state index contributed by atoms with van der Waals surface area (Å²) in [5.74, 6) is -0.117. The van der Waals surface area contributed by atoms with Crippen LogP contribution in [0.4, 0.5) is 5.69 Å². The third kappa shape index (κ3) is 5.81. The van der Waals surface area contributed by atoms with Crippen LogP contribution in [0, 0.1) is 0 Å². The third-order valence-electron chi connectivity index (χ3n) is 3.33. The highest BCUT2D eigenvalue weighted by atomic mass is 16.5. The smallest absolute Gasteiger partial charge is 0.241 e. The van der Waals surface area contributed by atoms with Crippen LogP contribution in [-0.2, 0) is 16.1 Å². The van der Waals surface area contributed by atoms with Crippen molar-refractivity contribution in [2.24, 2.45) is 5.73 Å². The molecule has 6 nitrogen and oxygen atoms in total. The monoisotopic (exact) mass is 295 g/mol. The molecule has 4 N–H and O–H groups in total. The fraction of sp³-hybridized carbons (Fsp3) is 0.533. The van der Waals surface area contributed by atoms with Crippen molar-refractivity contribution in [3.63, 3.8) is 0 Å². The Balaban J connectivity index is 2.66. The van der Waals surface area contributed by atoms with E-state index < -0.39 is 0 Å². The van der Waals surface area contributed by atoms with Crippen LogP contribution in [0.25, 0.3) is 0 Å². The van der Waals surface area contributed by atoms with Crippen molar-refractivity contribution in [1.29, 1.82) is 0 Å². The summed E-state index contributed by atoms with van der Waals surface area (Å²) in [5.41, 5.74) is 7.28. The normalized spacial score (nSPS) is 12.4. The van der Waals surface area contributed by atoms with Crippen LogP contribution in [0.3, 0.4) is 0 Å². The Kier molecular flexibility index (Phi) is 7.92. The van der Waals surface area contributed by atoms with Gasteiger partial charge in [-0.25, -0.2) is 0 Å². The predicted molar refractivity (Wildman–Crippen MR) is 83.0 cm³/mol. The minimum atomic E-state index is -0.353. The molecule has 0 saturated carbocycles. The van der Waals surface area contributed by atoms with Crippen molar-refractivity contribution in [1.82, 2.24) is 4.90 Å². The number of nitrogens with zero attached hydrogens (tertiary/aromatic N) is 1. The first kappa shape index (κ1) is 17.6. The van der Waals surface area contributed by atoms with Crippen molar-refractivity contribution in [3.05, 3.63) is 29.8 Å². The molecule has 0 aromatic heterocycles. The number of carbonyl (C=O) groups excluding carboxylic acids is 1. The van der Waals surface area contributed by atoms with Crippen LogP contribution < -0.4 is 11.1 Å². The lowest BCUT2D eigenvalue weighted by molar-refractivity contribution is -0.121. The molecular weight excluding hydrogens is 270 g/mol. The minimum absolute atomic E-state index is 0.00396. The lowest BCUT2D eigenvalue weighted by Gasteiger charge is -2.27. The molecule has 1 aromatic rings. The van der Waals surface area contributed by atoms with E-state index in [2.05, 4.69) is 5.32 Å². The highest BCUT2D eigenvalue weighted by Crippen LogP contribution is 2.11. The van der Waals surface area contributed by atoms with Gasteiger partial charge in [0.05, 0.1) is 19.3 Å². The Hall–Kier alpha value is -1.47. The summed E-state index contributed by atoms with van der Waals surface area (Å²) >= 11 is 0. The molecular formula is C15H25N3O3. The Morgan fingerprint density at radius 2 is 2.24 bits per heavy atom. The fourth-order valence-electron chi connectivity index (χ4n) is 2.02. The first-order valence-electron chi connectivity index (χ1n) is 7.06. The number of anilines is 1. The molecule has 1 amide bonds. The van der Waals surface area contributed by atoms with Crippen molar-refractivity contribution < 1.29 is 14.6 Å². The van der Waals surface area contributed by atoms with E-state index >= 15 is 0 Å². The van der Waals surface area contributed by atoms with E-state index in [1.807, 2.05) is 36.1 Å². The Bertz CT molecular complexity index is 440. The lowest BCUT2D eigenvalue weighted by Crippen LogP contribution is -2.44. The topological polar surface area (TPSA) is 87.8 Å². The van der Waals surface area contributed by atoms with Crippen LogP contribution in [0.2, 0.25) is 0 Å². The molecule has 1 atom stereocenters. The Labute approximate surface area is 125 Å². The summed E-state index contributed by atoms with van der Waals surface area (Å²) in [6, 6.07) is 7.11. The highest BCUT2D eigenvalue weighted by Gasteiger charge is 2.20. The van der Waals surface area contributed by atoms with Crippen LogP contribution >= 0.6 is 0 Å². The molecule has 0 radical (unpaired) electrons. The van der Waals surface area contributed by atoms with Crippen molar-refractivity contribution in [3.8, 4) is 0 Å². The van der Waals surface area contributed by atoms with Gasteiger partial charge in [0.15, 0.2) is 0 Å². The number of hydrogen-bond donors (Lipinski definition) is 3. The number of amides is 1. The first-order chi connectivity index (χ1) is 10.1. The molecule has 0 heterocycles. The van der Waals surface area contributed by atoms with Gasteiger partial charge in [0, 0.05) is 32.4 Å². The van der Waals surface area contributed by atoms with Gasteiger partial charge in [-0.05, 0) is 24.6 Å². The van der Waals surface area contributed by atoms with Crippen LogP contribution in [0.1, 0.15) is 12.5 Å². The van der Waals surface area contributed by atoms with E-state index in [1.165, 1.54) is 0 Å². The van der Waals surface area contributed by atoms with Gasteiger partial charge in [-0.1, -0.05) is 12.1 Å². The first-order valence-corrected chi connectivity index (χ1v) is 7.06. The number of methoxy groups -OCH3 is 1. The molecule has 0 spiro atoms. The molecule has 0 aliphatic rings. The van der Waals surface area contributed by atoms with Crippen LogP contribution in [0.15, 0.2) is 24.3 Å². The summed E-state index contributed by atoms with van der Waals surface area (Å²) in [4.78, 5) is 14.2. The van der Waals surface area contributed by atoms with E-state index in [9.17, 15) is 4.79 Å². The quantitative estimate of drug-likeness (QED) is 0.614. The van der Waals surface area contributed by atoms with Gasteiger partial charge >= 0.3 is 0 Å². The van der Waals surface area contributed by atoms with E-state index in [0.717, 1.165) is 11.3 Å². The molecule has 0 saturated heterocycles. The number of ether oxygens (including phenoxy) is 1. The molecule has 1 unspecified atom stereocenters. The average molecular weight is 295 g/mol. The largest absolute Gasteiger partial charge is 0.395 e. The standard InChI is InChI=1S/C15H25N3O3/c1-12(18(6-8-19)7-9-21-2)15(20)17-14-5-3-4-13(10-14)11-16/h3-5,10,12,19H,6-9,11,16H2,1-2H3,(H,17,20). The molecule has 0 aliphatic carbocycles. The second-order valence-corrected chi connectivity index (χ2v) is 4.82. The lowest BCUT2D eigenvalue weighted by atomic mass is 10.2. The second-order valence-electron chi connectivity index (χ2n) is 4.82. The molecule has 1 rings (SSSR count). The summed E-state index contributed by atoms with van der Waals surface area (Å²) in [6.07, 6.45) is 0. The zero-order valence-electron chi connectivity index (χ0n) is 12.7. The molecule has 21 heavy (non-hydrogen) atoms. The van der Waals surface area contributed by atoms with Gasteiger partial charge in [-0.15, -0.1) is 0 Å². The van der Waals surface area contributed by atoms with Gasteiger partial charge in [0.2, 0.25) is 5.91 Å². The number of rotatable bonds is 9. The number of nitrogens with two attached hydrogens (primary N) is 1. The Morgan fingerprint density at radius 1 is 1.48 bits per heavy atom. The number of aliphatic hydroxyl groups is 1. The summed E-state index contributed by atoms with van der Waals surface area (Å²) < 4.78 is 5.03. The average Bonchev–Trinajstić information content (AvgIpc) is 2.50. The SMILES string of the molecule is COCCN(CCO)C(C)C(=O)Nc1cccc(CN)c1. The van der Waals surface area contributed by atoms with Crippen molar-refractivity contribution in [2.45, 2.75) is 19.5 Å². The maximum atomic E-state index is 12.3. The van der Waals surface area contributed by atoms with Gasteiger partial charge in [0.1, 0.15) is 0 Å². The summed E-state index contributed by atoms with van der Waals surface area (Å²) in [6.45, 7) is 3.79. The number of benzene rings is 1. The number of aliphatic hydroxyl groups excluding tert-OH is 1. The molecule has 118 valence electrons. The maximum absolute atomic E-state index is 12.3. The number of hydrogen-bond acceptors (Lipinski definition) is 5. The zero-order chi connectivity index (χ0) is 15.7. The van der Waals surface area contributed by atoms with E-state index in [1.54, 1.807) is 7.11 Å². The molecule has 0 aliphatic heterocycles. The van der Waals surface area contributed by atoms with Crippen molar-refractivity contribution >= 4 is 11.6 Å². The van der Waals surface area contributed by atoms with Gasteiger partial charge in [0.25, 0.3) is 0 Å². The highest BCUT2D eigenvalue weighted by molar-refractivity contribution is 5.94. The molecule has 0 fully saturated rings. The van der Waals surface area contributed by atoms with Gasteiger partial charge in [-0.3, -0.25) is 9.69 Å². The predicted octanol–water partition coefficient (Wildman–Crippen LogP) is 0.413. The fourth-order valence-corrected chi connectivity index (χ4v) is 2.02. The zero-order valence-corrected chi connectivity index (χ0v) is 12.7. The van der Waals surface area contributed by atoms with Crippen molar-refractivity contribution in [2.75, 3.05) is 38.7 Å². The third-order valence-corrected chi connectivity index (χ3v) is 3.33. The van der Waals surface area contributed by atoms with E-state index in [0.29, 0.717) is 26.2 Å². The minimum Gasteiger partial charge on any atom is -0.395 e. The second kappa shape index (κ2) is 9.46. The van der Waals surface area contributed by atoms with Gasteiger partial charge in [-0.2, -0.15) is 0 Å². The van der Waals surface area contributed by atoms with Gasteiger partial charge < -0.3 is 20.9 Å². The van der Waals surface area contributed by atoms with Crippen LogP contribution in [-0.4, -0.2) is 55.4 Å². The summed E-state index contributed by atoms with van der Waals surface area (Å²) in [7, 11) is 1.61. The molecule has 1 aromatic carbocycles. The molecule has 6 heteroatoms.